The van der Waals surface area contributed by atoms with Gasteiger partial charge in [-0.3, -0.25) is 0 Å². The van der Waals surface area contributed by atoms with Crippen molar-refractivity contribution in [1.82, 2.24) is 10.6 Å². The van der Waals surface area contributed by atoms with Crippen LogP contribution in [-0.4, -0.2) is 25.2 Å². The van der Waals surface area contributed by atoms with E-state index in [1.807, 2.05) is 30.3 Å². The third kappa shape index (κ3) is 2.22. The van der Waals surface area contributed by atoms with Crippen molar-refractivity contribution in [3.63, 3.8) is 0 Å². The fraction of sp³-hybridized carbons (Fsp3) is 0.571. The Balaban J connectivity index is 1.61. The van der Waals surface area contributed by atoms with Gasteiger partial charge in [0, 0.05) is 18.5 Å². The summed E-state index contributed by atoms with van der Waals surface area (Å²) in [5.41, 5.74) is -0.294. The van der Waals surface area contributed by atoms with Gasteiger partial charge in [-0.1, -0.05) is 30.3 Å². The van der Waals surface area contributed by atoms with E-state index in [1.54, 1.807) is 0 Å². The average Bonchev–Trinajstić information content (AvgIpc) is 3.04. The molecule has 0 spiro atoms. The van der Waals surface area contributed by atoms with Gasteiger partial charge in [-0.15, -0.1) is 0 Å². The first-order valence-corrected chi connectivity index (χ1v) is 6.50. The van der Waals surface area contributed by atoms with Gasteiger partial charge in [0.05, 0.1) is 0 Å². The molecule has 2 aliphatic rings. The predicted octanol–water partition coefficient (Wildman–Crippen LogP) is 1.97. The molecule has 1 heterocycles. The Morgan fingerprint density at radius 1 is 1.18 bits per heavy atom. The van der Waals surface area contributed by atoms with Crippen molar-refractivity contribution in [2.24, 2.45) is 0 Å². The van der Waals surface area contributed by atoms with Crippen LogP contribution in [0.5, 0.6) is 0 Å². The molecular weight excluding hydrogens is 215 g/mol. The van der Waals surface area contributed by atoms with E-state index < -0.39 is 5.67 Å². The van der Waals surface area contributed by atoms with Crippen molar-refractivity contribution < 1.29 is 4.39 Å². The first-order valence-electron chi connectivity index (χ1n) is 6.50. The Morgan fingerprint density at radius 2 is 1.88 bits per heavy atom. The maximum absolute atomic E-state index is 14.6. The van der Waals surface area contributed by atoms with E-state index in [9.17, 15) is 4.39 Å². The Hall–Kier alpha value is -0.930. The molecule has 17 heavy (non-hydrogen) atoms. The fourth-order valence-electron chi connectivity index (χ4n) is 2.74. The van der Waals surface area contributed by atoms with Crippen molar-refractivity contribution in [2.45, 2.75) is 37.0 Å². The molecule has 2 N–H and O–H groups in total. The van der Waals surface area contributed by atoms with Gasteiger partial charge < -0.3 is 10.6 Å². The second kappa shape index (κ2) is 4.39. The molecule has 2 atom stereocenters. The number of rotatable bonds is 3. The van der Waals surface area contributed by atoms with Crippen molar-refractivity contribution in [1.29, 1.82) is 0 Å². The van der Waals surface area contributed by atoms with Crippen LogP contribution in [0.1, 0.15) is 24.8 Å². The van der Waals surface area contributed by atoms with E-state index in [-0.39, 0.29) is 6.04 Å². The monoisotopic (exact) mass is 234 g/mol. The Morgan fingerprint density at radius 3 is 2.59 bits per heavy atom. The van der Waals surface area contributed by atoms with Gasteiger partial charge >= 0.3 is 0 Å². The summed E-state index contributed by atoms with van der Waals surface area (Å²) in [7, 11) is 0. The topological polar surface area (TPSA) is 24.1 Å². The number of benzene rings is 1. The van der Waals surface area contributed by atoms with Crippen molar-refractivity contribution in [3.05, 3.63) is 35.9 Å². The molecule has 0 radical (unpaired) electrons. The average molecular weight is 234 g/mol. The number of nitrogens with one attached hydrogen (secondary N) is 2. The molecular formula is C14H19FN2. The highest BCUT2D eigenvalue weighted by Crippen LogP contribution is 2.50. The summed E-state index contributed by atoms with van der Waals surface area (Å²) in [5.74, 6) is 0. The lowest BCUT2D eigenvalue weighted by Gasteiger charge is -2.24. The van der Waals surface area contributed by atoms with Crippen molar-refractivity contribution in [3.8, 4) is 0 Å². The lowest BCUT2D eigenvalue weighted by atomic mass is 10.1. The zero-order chi connectivity index (χ0) is 11.7. The molecule has 2 fully saturated rings. The summed E-state index contributed by atoms with van der Waals surface area (Å²) in [5, 5.41) is 6.79. The third-order valence-corrected chi connectivity index (χ3v) is 3.92. The van der Waals surface area contributed by atoms with Crippen LogP contribution in [0, 0.1) is 0 Å². The smallest absolute Gasteiger partial charge is 0.152 e. The van der Waals surface area contributed by atoms with Crippen LogP contribution in [-0.2, 0) is 5.67 Å². The fourth-order valence-corrected chi connectivity index (χ4v) is 2.74. The third-order valence-electron chi connectivity index (χ3n) is 3.92. The summed E-state index contributed by atoms with van der Waals surface area (Å²) in [4.78, 5) is 0. The van der Waals surface area contributed by atoms with E-state index >= 15 is 0 Å². The van der Waals surface area contributed by atoms with Crippen LogP contribution in [0.4, 0.5) is 4.39 Å². The second-order valence-corrected chi connectivity index (χ2v) is 5.18. The minimum absolute atomic E-state index is 0.0213. The highest BCUT2D eigenvalue weighted by Gasteiger charge is 2.57. The maximum atomic E-state index is 14.6. The SMILES string of the molecule is F[C@]1(c2ccccc2)C[C@@H]1NC1CCNCC1. The van der Waals surface area contributed by atoms with Gasteiger partial charge in [-0.25, -0.2) is 4.39 Å². The molecule has 1 saturated carbocycles. The van der Waals surface area contributed by atoms with E-state index in [2.05, 4.69) is 10.6 Å². The predicted molar refractivity (Wildman–Crippen MR) is 66.7 cm³/mol. The number of piperidine rings is 1. The van der Waals surface area contributed by atoms with E-state index in [1.165, 1.54) is 0 Å². The van der Waals surface area contributed by atoms with Crippen LogP contribution >= 0.6 is 0 Å². The molecule has 92 valence electrons. The number of alkyl halides is 1. The largest absolute Gasteiger partial charge is 0.317 e. The first kappa shape index (κ1) is 11.2. The molecule has 1 aliphatic heterocycles. The van der Waals surface area contributed by atoms with Gasteiger partial charge in [0.15, 0.2) is 5.67 Å². The highest BCUT2D eigenvalue weighted by atomic mass is 19.1. The molecule has 0 amide bonds. The molecule has 3 rings (SSSR count). The van der Waals surface area contributed by atoms with E-state index in [4.69, 9.17) is 0 Å². The summed E-state index contributed by atoms with van der Waals surface area (Å²) in [6, 6.07) is 10.1. The molecule has 1 saturated heterocycles. The van der Waals surface area contributed by atoms with Crippen LogP contribution in [0.3, 0.4) is 0 Å². The van der Waals surface area contributed by atoms with Crippen LogP contribution in [0.2, 0.25) is 0 Å². The molecule has 0 aromatic heterocycles. The Kier molecular flexibility index (Phi) is 2.89. The zero-order valence-electron chi connectivity index (χ0n) is 9.95. The van der Waals surface area contributed by atoms with E-state index in [0.717, 1.165) is 31.5 Å². The van der Waals surface area contributed by atoms with Gasteiger partial charge in [-0.05, 0) is 31.5 Å². The molecule has 3 heteroatoms. The standard InChI is InChI=1S/C14H19FN2/c15-14(11-4-2-1-3-5-11)10-13(14)17-12-6-8-16-9-7-12/h1-5,12-13,16-17H,6-10H2/t13-,14-/m0/s1. The Labute approximate surface area is 102 Å². The zero-order valence-corrected chi connectivity index (χ0v) is 9.95. The van der Waals surface area contributed by atoms with E-state index in [0.29, 0.717) is 12.5 Å². The lowest BCUT2D eigenvalue weighted by molar-refractivity contribution is 0.275. The molecule has 0 unspecified atom stereocenters. The van der Waals surface area contributed by atoms with Gasteiger partial charge in [0.1, 0.15) is 0 Å². The van der Waals surface area contributed by atoms with Gasteiger partial charge in [0.2, 0.25) is 0 Å². The van der Waals surface area contributed by atoms with Crippen molar-refractivity contribution in [2.75, 3.05) is 13.1 Å². The quantitative estimate of drug-likeness (QED) is 0.835. The number of halogens is 1. The molecule has 1 aliphatic carbocycles. The molecule has 2 nitrogen and oxygen atoms in total. The highest BCUT2D eigenvalue weighted by molar-refractivity contribution is 5.32. The minimum Gasteiger partial charge on any atom is -0.317 e. The second-order valence-electron chi connectivity index (χ2n) is 5.18. The first-order chi connectivity index (χ1) is 8.29. The summed E-state index contributed by atoms with van der Waals surface area (Å²) >= 11 is 0. The van der Waals surface area contributed by atoms with Crippen LogP contribution in [0.25, 0.3) is 0 Å². The summed E-state index contributed by atoms with van der Waals surface area (Å²) in [6.45, 7) is 2.10. The maximum Gasteiger partial charge on any atom is 0.152 e. The minimum atomic E-state index is -1.12. The lowest BCUT2D eigenvalue weighted by Crippen LogP contribution is -2.42. The molecule has 0 bridgehead atoms. The van der Waals surface area contributed by atoms with Crippen LogP contribution in [0.15, 0.2) is 30.3 Å². The number of hydrogen-bond donors (Lipinski definition) is 2. The van der Waals surface area contributed by atoms with Crippen molar-refractivity contribution >= 4 is 0 Å². The Bertz CT molecular complexity index is 375. The number of hydrogen-bond acceptors (Lipinski definition) is 2. The van der Waals surface area contributed by atoms with Crippen LogP contribution < -0.4 is 10.6 Å². The summed E-state index contributed by atoms with van der Waals surface area (Å²) < 4.78 is 14.6. The molecule has 1 aromatic rings. The van der Waals surface area contributed by atoms with Gasteiger partial charge in [-0.2, -0.15) is 0 Å². The summed E-state index contributed by atoms with van der Waals surface area (Å²) in [6.07, 6.45) is 2.85. The van der Waals surface area contributed by atoms with Gasteiger partial charge in [0.25, 0.3) is 0 Å². The normalized spacial score (nSPS) is 33.6. The molecule has 1 aromatic carbocycles.